The summed E-state index contributed by atoms with van der Waals surface area (Å²) in [7, 11) is 0. The zero-order chi connectivity index (χ0) is 22.5. The van der Waals surface area contributed by atoms with Crippen LogP contribution in [-0.2, 0) is 12.8 Å². The average molecular weight is 441 g/mol. The van der Waals surface area contributed by atoms with Crippen molar-refractivity contribution in [2.75, 3.05) is 5.32 Å². The Bertz CT molecular complexity index is 1140. The molecule has 0 saturated carbocycles. The molecule has 0 aliphatic heterocycles. The molecule has 0 saturated heterocycles. The molecule has 1 atom stereocenters. The number of anilines is 1. The summed E-state index contributed by atoms with van der Waals surface area (Å²) >= 11 is 1.73. The Morgan fingerprint density at radius 3 is 2.25 bits per heavy atom. The minimum atomic E-state index is 0.00932. The Hall–Kier alpha value is -2.91. The lowest BCUT2D eigenvalue weighted by Crippen LogP contribution is -2.15. The Labute approximate surface area is 196 Å². The predicted octanol–water partition coefficient (Wildman–Crippen LogP) is 8.26. The first-order valence-corrected chi connectivity index (χ1v) is 12.5. The summed E-state index contributed by atoms with van der Waals surface area (Å²) in [6, 6.07) is 26.1. The van der Waals surface area contributed by atoms with Crippen LogP contribution < -0.4 is 5.32 Å². The minimum absolute atomic E-state index is 0.00932. The fraction of sp³-hybridized carbons (Fsp3) is 0.276. The zero-order valence-electron chi connectivity index (χ0n) is 19.4. The van der Waals surface area contributed by atoms with Gasteiger partial charge in [0.1, 0.15) is 11.0 Å². The van der Waals surface area contributed by atoms with Gasteiger partial charge in [-0.2, -0.15) is 0 Å². The third kappa shape index (κ3) is 4.78. The first kappa shape index (κ1) is 22.3. The van der Waals surface area contributed by atoms with Gasteiger partial charge in [-0.05, 0) is 41.0 Å². The van der Waals surface area contributed by atoms with Crippen LogP contribution in [0.1, 0.15) is 66.9 Å². The van der Waals surface area contributed by atoms with E-state index < -0.39 is 0 Å². The van der Waals surface area contributed by atoms with Gasteiger partial charge in [0, 0.05) is 16.6 Å². The van der Waals surface area contributed by atoms with E-state index in [9.17, 15) is 0 Å². The molecule has 0 spiro atoms. The van der Waals surface area contributed by atoms with Crippen LogP contribution in [-0.4, -0.2) is 4.98 Å². The summed E-state index contributed by atoms with van der Waals surface area (Å²) in [6.07, 6.45) is 2.05. The van der Waals surface area contributed by atoms with Gasteiger partial charge >= 0.3 is 0 Å². The van der Waals surface area contributed by atoms with Crippen molar-refractivity contribution < 1.29 is 0 Å². The molecule has 1 heterocycles. The maximum Gasteiger partial charge on any atom is 0.120 e. The van der Waals surface area contributed by atoms with E-state index in [1.165, 1.54) is 33.5 Å². The van der Waals surface area contributed by atoms with Crippen LogP contribution >= 0.6 is 11.3 Å². The Morgan fingerprint density at radius 1 is 0.844 bits per heavy atom. The number of hydrogen-bond acceptors (Lipinski definition) is 3. The van der Waals surface area contributed by atoms with Crippen LogP contribution in [0.3, 0.4) is 0 Å². The molecule has 0 radical (unpaired) electrons. The summed E-state index contributed by atoms with van der Waals surface area (Å²) in [5.74, 6) is 0.448. The molecule has 1 N–H and O–H groups in total. The van der Waals surface area contributed by atoms with Crippen molar-refractivity contribution in [3.05, 3.63) is 105 Å². The molecule has 4 aromatic rings. The highest BCUT2D eigenvalue weighted by Crippen LogP contribution is 2.36. The first-order valence-electron chi connectivity index (χ1n) is 11.6. The molecule has 3 heteroatoms. The summed E-state index contributed by atoms with van der Waals surface area (Å²) in [6.45, 7) is 8.94. The lowest BCUT2D eigenvalue weighted by Gasteiger charge is -2.24. The Morgan fingerprint density at radius 2 is 1.59 bits per heavy atom. The first-order chi connectivity index (χ1) is 15.6. The summed E-state index contributed by atoms with van der Waals surface area (Å²) in [5.41, 5.74) is 8.77. The van der Waals surface area contributed by atoms with Crippen molar-refractivity contribution in [3.63, 3.8) is 0 Å². The number of aryl methyl sites for hydroxylation is 2. The number of nitrogens with one attached hydrogen (secondary N) is 1. The van der Waals surface area contributed by atoms with Gasteiger partial charge in [-0.3, -0.25) is 0 Å². The van der Waals surface area contributed by atoms with Crippen LogP contribution in [0.2, 0.25) is 0 Å². The highest BCUT2D eigenvalue weighted by molar-refractivity contribution is 7.10. The number of rotatable bonds is 8. The van der Waals surface area contributed by atoms with Gasteiger partial charge in [0.25, 0.3) is 0 Å². The number of aromatic nitrogens is 1. The molecule has 3 aromatic carbocycles. The van der Waals surface area contributed by atoms with Gasteiger partial charge in [-0.15, -0.1) is 11.3 Å². The number of hydrogen-bond donors (Lipinski definition) is 1. The van der Waals surface area contributed by atoms with E-state index in [0.29, 0.717) is 5.92 Å². The average Bonchev–Trinajstić information content (AvgIpc) is 3.32. The largest absolute Gasteiger partial charge is 0.372 e. The van der Waals surface area contributed by atoms with Crippen molar-refractivity contribution in [2.24, 2.45) is 0 Å². The summed E-state index contributed by atoms with van der Waals surface area (Å²) < 4.78 is 0. The molecule has 2 nitrogen and oxygen atoms in total. The molecule has 0 amide bonds. The number of nitrogens with zero attached hydrogens (tertiary/aromatic N) is 1. The molecular formula is C29H32N2S. The second kappa shape index (κ2) is 10.1. The molecule has 1 unspecified atom stereocenters. The molecule has 32 heavy (non-hydrogen) atoms. The standard InChI is InChI=1S/C29H32N2S/c1-5-21-15-17-23(18-16-21)26-19-32-29(30-26)28(24-11-8-7-9-12-24)31-27-22(6-2)13-10-14-25(27)20(3)4/h7-20,28,31H,5-6H2,1-4H3. The van der Waals surface area contributed by atoms with Gasteiger partial charge in [0.2, 0.25) is 0 Å². The summed E-state index contributed by atoms with van der Waals surface area (Å²) in [5, 5.41) is 7.18. The van der Waals surface area contributed by atoms with Gasteiger partial charge in [0.05, 0.1) is 5.69 Å². The second-order valence-corrected chi connectivity index (χ2v) is 9.39. The third-order valence-corrected chi connectivity index (χ3v) is 6.94. The van der Waals surface area contributed by atoms with Crippen molar-refractivity contribution in [2.45, 2.75) is 52.5 Å². The van der Waals surface area contributed by atoms with Gasteiger partial charge in [0.15, 0.2) is 0 Å². The third-order valence-electron chi connectivity index (χ3n) is 6.03. The van der Waals surface area contributed by atoms with Crippen LogP contribution in [0, 0.1) is 0 Å². The normalized spacial score (nSPS) is 12.2. The smallest absolute Gasteiger partial charge is 0.120 e. The molecule has 0 aliphatic carbocycles. The quantitative estimate of drug-likeness (QED) is 0.298. The highest BCUT2D eigenvalue weighted by atomic mass is 32.1. The zero-order valence-corrected chi connectivity index (χ0v) is 20.2. The topological polar surface area (TPSA) is 24.9 Å². The molecule has 0 aliphatic rings. The number of benzene rings is 3. The molecule has 1 aromatic heterocycles. The maximum atomic E-state index is 5.09. The second-order valence-electron chi connectivity index (χ2n) is 8.50. The molecule has 164 valence electrons. The van der Waals surface area contributed by atoms with Gasteiger partial charge in [-0.1, -0.05) is 100 Å². The number of para-hydroxylation sites is 1. The van der Waals surface area contributed by atoms with Crippen LogP contribution in [0.5, 0.6) is 0 Å². The van der Waals surface area contributed by atoms with E-state index in [-0.39, 0.29) is 6.04 Å². The van der Waals surface area contributed by atoms with Crippen LogP contribution in [0.25, 0.3) is 11.3 Å². The maximum absolute atomic E-state index is 5.09. The van der Waals surface area contributed by atoms with E-state index in [4.69, 9.17) is 4.98 Å². The van der Waals surface area contributed by atoms with Crippen molar-refractivity contribution >= 4 is 17.0 Å². The fourth-order valence-electron chi connectivity index (χ4n) is 4.11. The van der Waals surface area contributed by atoms with E-state index >= 15 is 0 Å². The van der Waals surface area contributed by atoms with Crippen LogP contribution in [0.4, 0.5) is 5.69 Å². The fourth-order valence-corrected chi connectivity index (χ4v) is 5.02. The lowest BCUT2D eigenvalue weighted by atomic mass is 9.95. The SMILES string of the molecule is CCc1ccc(-c2csc(C(Nc3c(CC)cccc3C(C)C)c3ccccc3)n2)cc1. The molecular weight excluding hydrogens is 408 g/mol. The monoisotopic (exact) mass is 440 g/mol. The highest BCUT2D eigenvalue weighted by Gasteiger charge is 2.21. The van der Waals surface area contributed by atoms with E-state index in [0.717, 1.165) is 23.5 Å². The van der Waals surface area contributed by atoms with Crippen molar-refractivity contribution in [1.29, 1.82) is 0 Å². The van der Waals surface area contributed by atoms with Gasteiger partial charge in [-0.25, -0.2) is 4.98 Å². The van der Waals surface area contributed by atoms with Crippen LogP contribution in [0.15, 0.2) is 78.2 Å². The molecule has 0 bridgehead atoms. The number of thiazole rings is 1. The predicted molar refractivity (Wildman–Crippen MR) is 139 cm³/mol. The minimum Gasteiger partial charge on any atom is -0.372 e. The molecule has 4 rings (SSSR count). The Kier molecular flexibility index (Phi) is 7.06. The lowest BCUT2D eigenvalue weighted by molar-refractivity contribution is 0.847. The van der Waals surface area contributed by atoms with Crippen molar-refractivity contribution in [1.82, 2.24) is 4.98 Å². The summed E-state index contributed by atoms with van der Waals surface area (Å²) in [4.78, 5) is 5.09. The molecule has 0 fully saturated rings. The van der Waals surface area contributed by atoms with E-state index in [1.807, 2.05) is 0 Å². The van der Waals surface area contributed by atoms with E-state index in [2.05, 4.69) is 111 Å². The Balaban J connectivity index is 1.75. The van der Waals surface area contributed by atoms with Gasteiger partial charge < -0.3 is 5.32 Å². The van der Waals surface area contributed by atoms with Crippen molar-refractivity contribution in [3.8, 4) is 11.3 Å². The van der Waals surface area contributed by atoms with E-state index in [1.54, 1.807) is 11.3 Å².